The van der Waals surface area contributed by atoms with E-state index in [-0.39, 0.29) is 0 Å². The first kappa shape index (κ1) is 19.5. The van der Waals surface area contributed by atoms with Gasteiger partial charge in [-0.05, 0) is 58.5 Å². The average Bonchev–Trinajstić information content (AvgIpc) is 2.21. The van der Waals surface area contributed by atoms with Gasteiger partial charge in [0.25, 0.3) is 0 Å². The molecule has 3 radical (unpaired) electrons. The van der Waals surface area contributed by atoms with Crippen molar-refractivity contribution in [3.63, 3.8) is 0 Å². The second kappa shape index (κ2) is 10.2. The van der Waals surface area contributed by atoms with Gasteiger partial charge in [0, 0.05) is 6.04 Å². The molecule has 7 heteroatoms. The maximum Gasteiger partial charge on any atom is 0.469 e. The Morgan fingerprint density at radius 3 is 1.58 bits per heavy atom. The van der Waals surface area contributed by atoms with Gasteiger partial charge in [-0.2, -0.15) is 0 Å². The molecule has 0 aromatic heterocycles. The summed E-state index contributed by atoms with van der Waals surface area (Å²) in [4.78, 5) is 0. The molecular weight excluding hydrogens is 304 g/mol. The van der Waals surface area contributed by atoms with Gasteiger partial charge in [-0.1, -0.05) is 6.08 Å². The van der Waals surface area contributed by atoms with Crippen LogP contribution in [-0.2, 0) is 12.3 Å². The fourth-order valence-corrected chi connectivity index (χ4v) is 12.8. The summed E-state index contributed by atoms with van der Waals surface area (Å²) < 4.78 is 18.8. The Morgan fingerprint density at radius 2 is 1.26 bits per heavy atom. The Labute approximate surface area is 125 Å². The van der Waals surface area contributed by atoms with Crippen LogP contribution in [0.15, 0.2) is 12.7 Å². The van der Waals surface area contributed by atoms with Gasteiger partial charge in [-0.25, -0.2) is 0 Å². The molecule has 0 fully saturated rings. The zero-order chi connectivity index (χ0) is 14.9. The van der Waals surface area contributed by atoms with E-state index in [0.717, 1.165) is 25.3 Å². The summed E-state index contributed by atoms with van der Waals surface area (Å²) in [6, 6.07) is 0.961. The van der Waals surface area contributed by atoms with Gasteiger partial charge in [0.2, 0.25) is 0 Å². The van der Waals surface area contributed by atoms with Gasteiger partial charge >= 0.3 is 8.80 Å². The van der Waals surface area contributed by atoms with Crippen LogP contribution in [0.3, 0.4) is 0 Å². The van der Waals surface area contributed by atoms with E-state index in [4.69, 9.17) is 12.3 Å². The van der Waals surface area contributed by atoms with E-state index >= 15 is 0 Å². The second-order valence-corrected chi connectivity index (χ2v) is 15.0. The summed E-state index contributed by atoms with van der Waals surface area (Å²) >= 11 is 0. The SMILES string of the molecule is C=CCCCC[Si](O[Si](C)C)(O[Si](C)C)O[Si](C)C. The van der Waals surface area contributed by atoms with Gasteiger partial charge in [-0.3, -0.25) is 0 Å². The molecule has 0 aliphatic rings. The number of rotatable bonds is 11. The van der Waals surface area contributed by atoms with Crippen LogP contribution in [0, 0.1) is 0 Å². The van der Waals surface area contributed by atoms with Crippen LogP contribution in [0.2, 0.25) is 45.3 Å². The molecule has 111 valence electrons. The van der Waals surface area contributed by atoms with Crippen LogP contribution in [0.1, 0.15) is 19.3 Å². The highest BCUT2D eigenvalue weighted by atomic mass is 28.5. The number of allylic oxidation sites excluding steroid dienone is 1. The molecule has 0 aromatic carbocycles. The molecule has 0 aromatic rings. The van der Waals surface area contributed by atoms with Crippen LogP contribution in [0.5, 0.6) is 0 Å². The summed E-state index contributed by atoms with van der Waals surface area (Å²) in [6.07, 6.45) is 5.30. The maximum atomic E-state index is 6.26. The molecule has 0 amide bonds. The molecule has 0 rings (SSSR count). The fraction of sp³-hybridized carbons (Fsp3) is 0.833. The fourth-order valence-electron chi connectivity index (χ4n) is 1.78. The second-order valence-electron chi connectivity index (χ2n) is 5.25. The highest BCUT2D eigenvalue weighted by molar-refractivity contribution is 6.79. The van der Waals surface area contributed by atoms with Gasteiger partial charge in [-0.15, -0.1) is 6.58 Å². The van der Waals surface area contributed by atoms with E-state index < -0.39 is 35.9 Å². The lowest BCUT2D eigenvalue weighted by molar-refractivity contribution is 0.266. The summed E-state index contributed by atoms with van der Waals surface area (Å²) in [5.41, 5.74) is 0. The minimum atomic E-state index is -2.43. The van der Waals surface area contributed by atoms with Crippen molar-refractivity contribution in [2.45, 2.75) is 64.6 Å². The predicted molar refractivity (Wildman–Crippen MR) is 90.3 cm³/mol. The third-order valence-corrected chi connectivity index (χ3v) is 11.8. The Morgan fingerprint density at radius 1 is 0.842 bits per heavy atom. The average molecular weight is 334 g/mol. The van der Waals surface area contributed by atoms with Gasteiger partial charge in [0.1, 0.15) is 0 Å². The molecule has 0 spiro atoms. The third-order valence-electron chi connectivity index (χ3n) is 2.22. The first-order valence-electron chi connectivity index (χ1n) is 6.89. The molecule has 0 aliphatic heterocycles. The lowest BCUT2D eigenvalue weighted by Crippen LogP contribution is -2.53. The molecule has 0 heterocycles. The quantitative estimate of drug-likeness (QED) is 0.324. The van der Waals surface area contributed by atoms with Crippen LogP contribution in [-0.4, -0.2) is 35.9 Å². The Balaban J connectivity index is 4.72. The Bertz CT molecular complexity index is 221. The van der Waals surface area contributed by atoms with Gasteiger partial charge < -0.3 is 12.3 Å². The van der Waals surface area contributed by atoms with Crippen molar-refractivity contribution < 1.29 is 12.3 Å². The van der Waals surface area contributed by atoms with E-state index in [1.165, 1.54) is 0 Å². The molecule has 0 N–H and O–H groups in total. The van der Waals surface area contributed by atoms with Crippen molar-refractivity contribution in [3.05, 3.63) is 12.7 Å². The van der Waals surface area contributed by atoms with E-state index in [1.807, 2.05) is 6.08 Å². The van der Waals surface area contributed by atoms with Gasteiger partial charge in [0.05, 0.1) is 0 Å². The van der Waals surface area contributed by atoms with E-state index in [2.05, 4.69) is 45.9 Å². The summed E-state index contributed by atoms with van der Waals surface area (Å²) in [7, 11) is -4.83. The Hall–Kier alpha value is 0.488. The lowest BCUT2D eigenvalue weighted by Gasteiger charge is -2.34. The number of hydrogen-bond acceptors (Lipinski definition) is 3. The van der Waals surface area contributed by atoms with Crippen molar-refractivity contribution in [3.8, 4) is 0 Å². The molecule has 0 unspecified atom stereocenters. The van der Waals surface area contributed by atoms with Crippen molar-refractivity contribution in [1.29, 1.82) is 0 Å². The van der Waals surface area contributed by atoms with E-state index in [0.29, 0.717) is 0 Å². The van der Waals surface area contributed by atoms with Crippen molar-refractivity contribution in [1.82, 2.24) is 0 Å². The molecule has 19 heavy (non-hydrogen) atoms. The molecule has 0 saturated carbocycles. The number of unbranched alkanes of at least 4 members (excludes halogenated alkanes) is 2. The molecule has 0 aliphatic carbocycles. The zero-order valence-electron chi connectivity index (χ0n) is 13.3. The van der Waals surface area contributed by atoms with Crippen molar-refractivity contribution in [2.75, 3.05) is 0 Å². The van der Waals surface area contributed by atoms with Crippen molar-refractivity contribution in [2.24, 2.45) is 0 Å². The molecule has 0 atom stereocenters. The first-order valence-corrected chi connectivity index (χ1v) is 16.1. The highest BCUT2D eigenvalue weighted by Gasteiger charge is 2.42. The monoisotopic (exact) mass is 333 g/mol. The molecular formula is C12H29O3Si4. The molecule has 0 saturated heterocycles. The maximum absolute atomic E-state index is 6.26. The smallest absolute Gasteiger partial charge is 0.416 e. The van der Waals surface area contributed by atoms with Crippen LogP contribution < -0.4 is 0 Å². The molecule has 3 nitrogen and oxygen atoms in total. The lowest BCUT2D eigenvalue weighted by atomic mass is 10.2. The highest BCUT2D eigenvalue weighted by Crippen LogP contribution is 2.23. The largest absolute Gasteiger partial charge is 0.469 e. The van der Waals surface area contributed by atoms with Crippen LogP contribution in [0.4, 0.5) is 0 Å². The van der Waals surface area contributed by atoms with Gasteiger partial charge in [0.15, 0.2) is 27.1 Å². The zero-order valence-corrected chi connectivity index (χ0v) is 17.3. The number of hydrogen-bond donors (Lipinski definition) is 0. The summed E-state index contributed by atoms with van der Waals surface area (Å²) in [5.74, 6) is 0. The van der Waals surface area contributed by atoms with E-state index in [9.17, 15) is 0 Å². The minimum Gasteiger partial charge on any atom is -0.416 e. The molecule has 0 bridgehead atoms. The summed E-state index contributed by atoms with van der Waals surface area (Å²) in [6.45, 7) is 16.8. The first-order chi connectivity index (χ1) is 8.81. The predicted octanol–water partition coefficient (Wildman–Crippen LogP) is 4.08. The summed E-state index contributed by atoms with van der Waals surface area (Å²) in [5, 5.41) is 0. The van der Waals surface area contributed by atoms with Crippen LogP contribution >= 0.6 is 0 Å². The Kier molecular flexibility index (Phi) is 10.5. The van der Waals surface area contributed by atoms with E-state index in [1.54, 1.807) is 0 Å². The topological polar surface area (TPSA) is 27.7 Å². The normalized spacial score (nSPS) is 12.7. The van der Waals surface area contributed by atoms with Crippen molar-refractivity contribution >= 4 is 35.9 Å². The minimum absolute atomic E-state index is 0.799. The third kappa shape index (κ3) is 9.94. The standard InChI is InChI=1S/C12H29O3Si4/c1-8-9-10-11-12-19(13-16(2)3,14-17(4)5)15-18(6)7/h8H,1,9-12H2,2-7H3. The van der Waals surface area contributed by atoms with Crippen LogP contribution in [0.25, 0.3) is 0 Å².